The molecule has 0 bridgehead atoms. The monoisotopic (exact) mass is 374 g/mol. The van der Waals surface area contributed by atoms with Gasteiger partial charge in [-0.25, -0.2) is 4.63 Å². The largest absolute Gasteiger partial charge is 0.488 e. The molecule has 9 heteroatoms. The molecule has 2 aromatic heterocycles. The molecule has 26 heavy (non-hydrogen) atoms. The molecule has 0 aliphatic heterocycles. The second kappa shape index (κ2) is 8.97. The van der Waals surface area contributed by atoms with Gasteiger partial charge in [-0.1, -0.05) is 6.07 Å². The van der Waals surface area contributed by atoms with Crippen molar-refractivity contribution in [3.8, 4) is 5.75 Å². The van der Waals surface area contributed by atoms with Crippen molar-refractivity contribution in [1.29, 1.82) is 0 Å². The summed E-state index contributed by atoms with van der Waals surface area (Å²) in [7, 11) is 0. The second-order valence-corrected chi connectivity index (χ2v) is 6.58. The fourth-order valence-corrected chi connectivity index (χ4v) is 2.88. The molecule has 0 atom stereocenters. The number of carbonyl (C=O) groups excluding carboxylic acids is 1. The number of nitrogens with one attached hydrogen (secondary N) is 1. The van der Waals surface area contributed by atoms with Gasteiger partial charge in [-0.05, 0) is 46.0 Å². The molecule has 1 amide bonds. The average Bonchev–Trinajstić information content (AvgIpc) is 3.32. The molecule has 0 saturated carbocycles. The standard InChI is InChI=1S/C17H19N5O3S/c18-16-15(21-25-22-16)17(23)20-8-7-19-10-12-3-5-13(6-4-12)24-11-14-2-1-9-26-14/h1-6,9,19H,7-8,10-11H2,(H2,18,22)(H,20,23)/p+1. The second-order valence-electron chi connectivity index (χ2n) is 5.55. The van der Waals surface area contributed by atoms with Crippen LogP contribution in [0, 0.1) is 0 Å². The molecule has 0 saturated heterocycles. The van der Waals surface area contributed by atoms with Gasteiger partial charge in [0.05, 0.1) is 13.1 Å². The number of hydrogen-bond acceptors (Lipinski definition) is 7. The van der Waals surface area contributed by atoms with Crippen LogP contribution in [-0.4, -0.2) is 29.3 Å². The lowest BCUT2D eigenvalue weighted by Gasteiger charge is -2.06. The number of benzene rings is 1. The topological polar surface area (TPSA) is 120 Å². The SMILES string of the molecule is Nc1nonc1C(=O)NCC[NH2+]Cc1ccc(OCc2cccs2)cc1. The van der Waals surface area contributed by atoms with E-state index in [1.807, 2.05) is 35.7 Å². The molecular weight excluding hydrogens is 354 g/mol. The molecule has 0 spiro atoms. The van der Waals surface area contributed by atoms with Crippen molar-refractivity contribution in [2.45, 2.75) is 13.2 Å². The van der Waals surface area contributed by atoms with E-state index in [9.17, 15) is 4.79 Å². The third-order valence-electron chi connectivity index (χ3n) is 3.63. The third-order valence-corrected chi connectivity index (χ3v) is 4.48. The minimum absolute atomic E-state index is 0.00660. The Labute approximate surface area is 154 Å². The highest BCUT2D eigenvalue weighted by molar-refractivity contribution is 7.09. The highest BCUT2D eigenvalue weighted by Crippen LogP contribution is 2.16. The van der Waals surface area contributed by atoms with Crippen molar-refractivity contribution < 1.29 is 19.5 Å². The van der Waals surface area contributed by atoms with Gasteiger partial charge < -0.3 is 21.1 Å². The molecule has 0 aliphatic rings. The Bertz CT molecular complexity index is 817. The van der Waals surface area contributed by atoms with Crippen LogP contribution in [0.3, 0.4) is 0 Å². The summed E-state index contributed by atoms with van der Waals surface area (Å²) in [5.74, 6) is 0.463. The molecule has 5 N–H and O–H groups in total. The van der Waals surface area contributed by atoms with Crippen LogP contribution in [0.15, 0.2) is 46.4 Å². The van der Waals surface area contributed by atoms with Crippen LogP contribution in [0.4, 0.5) is 5.82 Å². The minimum Gasteiger partial charge on any atom is -0.488 e. The van der Waals surface area contributed by atoms with E-state index in [4.69, 9.17) is 10.5 Å². The molecule has 0 fully saturated rings. The van der Waals surface area contributed by atoms with Crippen molar-refractivity contribution in [1.82, 2.24) is 15.6 Å². The Balaban J connectivity index is 1.33. The van der Waals surface area contributed by atoms with Crippen LogP contribution in [0.25, 0.3) is 0 Å². The normalized spacial score (nSPS) is 10.6. The number of thiophene rings is 1. The smallest absolute Gasteiger partial charge is 0.277 e. The zero-order valence-corrected chi connectivity index (χ0v) is 14.9. The first kappa shape index (κ1) is 17.9. The number of hydrogen-bond donors (Lipinski definition) is 3. The first-order valence-corrected chi connectivity index (χ1v) is 9.02. The van der Waals surface area contributed by atoms with Crippen molar-refractivity contribution in [2.75, 3.05) is 18.8 Å². The van der Waals surface area contributed by atoms with E-state index in [0.717, 1.165) is 18.8 Å². The molecule has 0 aliphatic carbocycles. The predicted octanol–water partition coefficient (Wildman–Crippen LogP) is 0.786. The van der Waals surface area contributed by atoms with Gasteiger partial charge >= 0.3 is 0 Å². The van der Waals surface area contributed by atoms with Crippen LogP contribution in [0.1, 0.15) is 20.9 Å². The predicted molar refractivity (Wildman–Crippen MR) is 96.6 cm³/mol. The maximum absolute atomic E-state index is 11.8. The molecular formula is C17H20N5O3S+. The van der Waals surface area contributed by atoms with E-state index in [0.29, 0.717) is 13.2 Å². The fourth-order valence-electron chi connectivity index (χ4n) is 2.26. The lowest BCUT2D eigenvalue weighted by molar-refractivity contribution is -0.668. The maximum Gasteiger partial charge on any atom is 0.277 e. The van der Waals surface area contributed by atoms with Gasteiger partial charge in [0.15, 0.2) is 0 Å². The first-order valence-electron chi connectivity index (χ1n) is 8.14. The Hall–Kier alpha value is -2.91. The molecule has 3 rings (SSSR count). The van der Waals surface area contributed by atoms with Crippen LogP contribution in [-0.2, 0) is 13.2 Å². The highest BCUT2D eigenvalue weighted by Gasteiger charge is 2.15. The van der Waals surface area contributed by atoms with E-state index >= 15 is 0 Å². The van der Waals surface area contributed by atoms with Gasteiger partial charge in [-0.15, -0.1) is 11.3 Å². The number of carbonyl (C=O) groups is 1. The highest BCUT2D eigenvalue weighted by atomic mass is 32.1. The number of quaternary nitrogens is 1. The number of ether oxygens (including phenoxy) is 1. The Kier molecular flexibility index (Phi) is 6.18. The summed E-state index contributed by atoms with van der Waals surface area (Å²) in [5, 5.41) is 13.7. The fraction of sp³-hybridized carbons (Fsp3) is 0.235. The van der Waals surface area contributed by atoms with Crippen molar-refractivity contribution >= 4 is 23.1 Å². The van der Waals surface area contributed by atoms with Crippen molar-refractivity contribution in [3.63, 3.8) is 0 Å². The third kappa shape index (κ3) is 5.04. The van der Waals surface area contributed by atoms with Gasteiger partial charge in [0.1, 0.15) is 18.9 Å². The number of nitrogens with two attached hydrogens (primary N) is 2. The quantitative estimate of drug-likeness (QED) is 0.476. The van der Waals surface area contributed by atoms with Crippen molar-refractivity contribution in [2.24, 2.45) is 0 Å². The summed E-state index contributed by atoms with van der Waals surface area (Å²) < 4.78 is 10.1. The zero-order chi connectivity index (χ0) is 18.2. The zero-order valence-electron chi connectivity index (χ0n) is 14.1. The number of nitrogens with zero attached hydrogens (tertiary/aromatic N) is 2. The van der Waals surface area contributed by atoms with Crippen LogP contribution >= 0.6 is 11.3 Å². The van der Waals surface area contributed by atoms with E-state index in [-0.39, 0.29) is 17.4 Å². The molecule has 3 aromatic rings. The van der Waals surface area contributed by atoms with Crippen molar-refractivity contribution in [3.05, 3.63) is 57.9 Å². The number of rotatable bonds is 9. The summed E-state index contributed by atoms with van der Waals surface area (Å²) in [4.78, 5) is 13.0. The summed E-state index contributed by atoms with van der Waals surface area (Å²) in [6.07, 6.45) is 0. The van der Waals surface area contributed by atoms with Crippen LogP contribution in [0.2, 0.25) is 0 Å². The number of amides is 1. The lowest BCUT2D eigenvalue weighted by atomic mass is 10.2. The molecule has 0 unspecified atom stereocenters. The molecule has 2 heterocycles. The molecule has 8 nitrogen and oxygen atoms in total. The number of anilines is 1. The Morgan fingerprint density at radius 1 is 1.27 bits per heavy atom. The van der Waals surface area contributed by atoms with E-state index in [2.05, 4.69) is 31.6 Å². The summed E-state index contributed by atoms with van der Waals surface area (Å²) in [6, 6.07) is 12.1. The van der Waals surface area contributed by atoms with Gasteiger partial charge in [0.2, 0.25) is 11.5 Å². The lowest BCUT2D eigenvalue weighted by Crippen LogP contribution is -2.84. The summed E-state index contributed by atoms with van der Waals surface area (Å²) >= 11 is 1.68. The van der Waals surface area contributed by atoms with E-state index in [1.54, 1.807) is 11.3 Å². The van der Waals surface area contributed by atoms with Gasteiger partial charge in [-0.3, -0.25) is 4.79 Å². The number of nitrogen functional groups attached to an aromatic ring is 1. The van der Waals surface area contributed by atoms with Gasteiger partial charge in [0, 0.05) is 10.4 Å². The minimum atomic E-state index is -0.385. The van der Waals surface area contributed by atoms with E-state index in [1.165, 1.54) is 10.4 Å². The molecule has 1 aromatic carbocycles. The van der Waals surface area contributed by atoms with Gasteiger partial charge in [0.25, 0.3) is 5.91 Å². The van der Waals surface area contributed by atoms with Crippen LogP contribution in [0.5, 0.6) is 5.75 Å². The van der Waals surface area contributed by atoms with E-state index < -0.39 is 0 Å². The summed E-state index contributed by atoms with van der Waals surface area (Å²) in [6.45, 7) is 2.63. The molecule has 0 radical (unpaired) electrons. The number of aromatic nitrogens is 2. The summed E-state index contributed by atoms with van der Waals surface area (Å²) in [5.41, 5.74) is 6.67. The molecule has 136 valence electrons. The average molecular weight is 374 g/mol. The maximum atomic E-state index is 11.8. The van der Waals surface area contributed by atoms with Crippen LogP contribution < -0.4 is 21.1 Å². The first-order chi connectivity index (χ1) is 12.7. The Morgan fingerprint density at radius 2 is 2.12 bits per heavy atom. The Morgan fingerprint density at radius 3 is 2.81 bits per heavy atom. The van der Waals surface area contributed by atoms with Gasteiger partial charge in [-0.2, -0.15) is 0 Å².